The average molecular weight is 353 g/mol. The van der Waals surface area contributed by atoms with Crippen LogP contribution in [0.5, 0.6) is 0 Å². The number of aromatic nitrogens is 3. The van der Waals surface area contributed by atoms with Gasteiger partial charge in [0.05, 0.1) is 21.3 Å². The second-order valence-electron chi connectivity index (χ2n) is 6.05. The molecular formula is C22H15N3S. The maximum atomic E-state index is 4.64. The fourth-order valence-corrected chi connectivity index (χ4v) is 3.91. The molecule has 0 saturated heterocycles. The minimum atomic E-state index is 1.01. The molecule has 0 aliphatic heterocycles. The van der Waals surface area contributed by atoms with E-state index in [2.05, 4.69) is 63.1 Å². The smallest absolute Gasteiger partial charge is 0.117 e. The quantitative estimate of drug-likeness (QED) is 0.410. The number of para-hydroxylation sites is 3. The highest BCUT2D eigenvalue weighted by Gasteiger charge is 2.03. The van der Waals surface area contributed by atoms with Gasteiger partial charge >= 0.3 is 0 Å². The third kappa shape index (κ3) is 2.70. The fraction of sp³-hybridized carbons (Fsp3) is 0. The van der Waals surface area contributed by atoms with Crippen molar-refractivity contribution >= 4 is 44.7 Å². The van der Waals surface area contributed by atoms with Crippen molar-refractivity contribution in [3.63, 3.8) is 0 Å². The molecule has 0 saturated carbocycles. The highest BCUT2D eigenvalue weighted by atomic mass is 32.1. The van der Waals surface area contributed by atoms with E-state index in [4.69, 9.17) is 0 Å². The molecule has 5 aromatic rings. The van der Waals surface area contributed by atoms with Crippen LogP contribution < -0.4 is 0 Å². The molecule has 2 heterocycles. The summed E-state index contributed by atoms with van der Waals surface area (Å²) in [5, 5.41) is 1.02. The van der Waals surface area contributed by atoms with Gasteiger partial charge < -0.3 is 0 Å². The summed E-state index contributed by atoms with van der Waals surface area (Å²) in [6.45, 7) is 0. The van der Waals surface area contributed by atoms with Gasteiger partial charge in [0.1, 0.15) is 11.3 Å². The molecule has 0 atom stereocenters. The Kier molecular flexibility index (Phi) is 3.61. The first-order valence-corrected chi connectivity index (χ1v) is 9.25. The summed E-state index contributed by atoms with van der Waals surface area (Å²) in [7, 11) is 0. The molecule has 5 rings (SSSR count). The zero-order valence-electron chi connectivity index (χ0n) is 13.9. The number of fused-ring (bicyclic) bond motifs is 2. The van der Waals surface area contributed by atoms with Crippen molar-refractivity contribution < 1.29 is 0 Å². The van der Waals surface area contributed by atoms with Gasteiger partial charge in [0.25, 0.3) is 0 Å². The van der Waals surface area contributed by atoms with Crippen molar-refractivity contribution in [2.24, 2.45) is 0 Å². The van der Waals surface area contributed by atoms with E-state index in [9.17, 15) is 0 Å². The van der Waals surface area contributed by atoms with Crippen LogP contribution in [-0.4, -0.2) is 14.5 Å². The van der Waals surface area contributed by atoms with E-state index < -0.39 is 0 Å². The Hall–Kier alpha value is -3.24. The number of benzene rings is 3. The number of imidazole rings is 1. The number of hydrogen-bond acceptors (Lipinski definition) is 3. The molecular weight excluding hydrogens is 338 g/mol. The fourth-order valence-electron chi connectivity index (χ4n) is 3.04. The minimum Gasteiger partial charge on any atom is -0.299 e. The van der Waals surface area contributed by atoms with Crippen molar-refractivity contribution in [1.29, 1.82) is 0 Å². The first kappa shape index (κ1) is 15.0. The van der Waals surface area contributed by atoms with Crippen molar-refractivity contribution in [3.05, 3.63) is 89.7 Å². The van der Waals surface area contributed by atoms with E-state index in [1.54, 1.807) is 11.3 Å². The summed E-state index contributed by atoms with van der Waals surface area (Å²) in [6, 6.07) is 24.9. The summed E-state index contributed by atoms with van der Waals surface area (Å²) in [5.41, 5.74) is 5.44. The molecule has 26 heavy (non-hydrogen) atoms. The van der Waals surface area contributed by atoms with Crippen molar-refractivity contribution in [2.45, 2.75) is 0 Å². The number of thiazole rings is 1. The van der Waals surface area contributed by atoms with Crippen LogP contribution in [0, 0.1) is 0 Å². The summed E-state index contributed by atoms with van der Waals surface area (Å²) in [6.07, 6.45) is 6.05. The molecule has 0 fully saturated rings. The molecule has 0 spiro atoms. The lowest BCUT2D eigenvalue weighted by molar-refractivity contribution is 1.09. The van der Waals surface area contributed by atoms with Crippen LogP contribution in [0.15, 0.2) is 79.1 Å². The van der Waals surface area contributed by atoms with Gasteiger partial charge in [-0.05, 0) is 48.0 Å². The van der Waals surface area contributed by atoms with E-state index in [1.165, 1.54) is 4.70 Å². The van der Waals surface area contributed by atoms with E-state index in [1.807, 2.05) is 42.7 Å². The van der Waals surface area contributed by atoms with E-state index in [0.717, 1.165) is 32.8 Å². The lowest BCUT2D eigenvalue weighted by atomic mass is 10.2. The number of hydrogen-bond donors (Lipinski definition) is 0. The average Bonchev–Trinajstić information content (AvgIpc) is 3.30. The Morgan fingerprint density at radius 3 is 2.38 bits per heavy atom. The largest absolute Gasteiger partial charge is 0.299 e. The first-order valence-electron chi connectivity index (χ1n) is 8.43. The molecule has 124 valence electrons. The molecule has 0 N–H and O–H groups in total. The van der Waals surface area contributed by atoms with Gasteiger partial charge in [0, 0.05) is 5.69 Å². The molecule has 4 heteroatoms. The Bertz CT molecular complexity index is 1200. The lowest BCUT2D eigenvalue weighted by Gasteiger charge is -2.04. The van der Waals surface area contributed by atoms with Crippen LogP contribution in [0.3, 0.4) is 0 Å². The molecule has 3 aromatic carbocycles. The molecule has 0 radical (unpaired) electrons. The molecule has 0 bridgehead atoms. The van der Waals surface area contributed by atoms with Crippen LogP contribution in [-0.2, 0) is 0 Å². The van der Waals surface area contributed by atoms with Crippen LogP contribution >= 0.6 is 11.3 Å². The normalized spacial score (nSPS) is 11.7. The van der Waals surface area contributed by atoms with E-state index >= 15 is 0 Å². The zero-order chi connectivity index (χ0) is 17.3. The molecule has 0 aliphatic rings. The maximum absolute atomic E-state index is 4.64. The van der Waals surface area contributed by atoms with E-state index in [-0.39, 0.29) is 0 Å². The summed E-state index contributed by atoms with van der Waals surface area (Å²) in [4.78, 5) is 9.10. The van der Waals surface area contributed by atoms with E-state index in [0.29, 0.717) is 0 Å². The second-order valence-corrected chi connectivity index (χ2v) is 7.11. The standard InChI is InChI=1S/C22H15N3S/c1-3-7-20-18(5-1)23-15-25(20)17-12-9-16(10-13-17)11-14-22-24-19-6-2-4-8-21(19)26-22/h1-15H/b14-11+. The second kappa shape index (κ2) is 6.24. The minimum absolute atomic E-state index is 1.01. The third-order valence-electron chi connectivity index (χ3n) is 4.35. The van der Waals surface area contributed by atoms with Crippen LogP contribution in [0.1, 0.15) is 10.6 Å². The van der Waals surface area contributed by atoms with Gasteiger partial charge in [-0.3, -0.25) is 4.57 Å². The van der Waals surface area contributed by atoms with Crippen LogP contribution in [0.4, 0.5) is 0 Å². The number of nitrogens with zero attached hydrogens (tertiary/aromatic N) is 3. The Morgan fingerprint density at radius 2 is 1.54 bits per heavy atom. The van der Waals surface area contributed by atoms with Gasteiger partial charge in [-0.25, -0.2) is 9.97 Å². The summed E-state index contributed by atoms with van der Waals surface area (Å²) in [5.74, 6) is 0. The topological polar surface area (TPSA) is 30.7 Å². The Balaban J connectivity index is 1.42. The Morgan fingerprint density at radius 1 is 0.769 bits per heavy atom. The van der Waals surface area contributed by atoms with Crippen LogP contribution in [0.2, 0.25) is 0 Å². The SMILES string of the molecule is C(=C\c1nc2ccccc2s1)/c1ccc(-n2cnc3ccccc32)cc1. The molecule has 3 nitrogen and oxygen atoms in total. The maximum Gasteiger partial charge on any atom is 0.117 e. The van der Waals surface area contributed by atoms with Gasteiger partial charge in [-0.15, -0.1) is 11.3 Å². The van der Waals surface area contributed by atoms with Crippen LogP contribution in [0.25, 0.3) is 39.1 Å². The zero-order valence-corrected chi connectivity index (χ0v) is 14.7. The van der Waals surface area contributed by atoms with Gasteiger partial charge in [0.15, 0.2) is 0 Å². The predicted octanol–water partition coefficient (Wildman–Crippen LogP) is 5.81. The van der Waals surface area contributed by atoms with Crippen molar-refractivity contribution in [2.75, 3.05) is 0 Å². The summed E-state index contributed by atoms with van der Waals surface area (Å²) < 4.78 is 3.32. The highest BCUT2D eigenvalue weighted by Crippen LogP contribution is 2.23. The molecule has 0 amide bonds. The molecule has 0 aliphatic carbocycles. The summed E-state index contributed by atoms with van der Waals surface area (Å²) >= 11 is 1.71. The van der Waals surface area contributed by atoms with Gasteiger partial charge in [-0.2, -0.15) is 0 Å². The number of rotatable bonds is 3. The van der Waals surface area contributed by atoms with Gasteiger partial charge in [-0.1, -0.05) is 42.5 Å². The predicted molar refractivity (Wildman–Crippen MR) is 110 cm³/mol. The van der Waals surface area contributed by atoms with Crippen molar-refractivity contribution in [1.82, 2.24) is 14.5 Å². The van der Waals surface area contributed by atoms with Gasteiger partial charge in [0.2, 0.25) is 0 Å². The Labute approximate surface area is 154 Å². The highest BCUT2D eigenvalue weighted by molar-refractivity contribution is 7.19. The third-order valence-corrected chi connectivity index (χ3v) is 5.36. The monoisotopic (exact) mass is 353 g/mol. The molecule has 2 aromatic heterocycles. The first-order chi connectivity index (χ1) is 12.9. The lowest BCUT2D eigenvalue weighted by Crippen LogP contribution is -1.91. The van der Waals surface area contributed by atoms with Crippen molar-refractivity contribution in [3.8, 4) is 5.69 Å². The molecule has 0 unspecified atom stereocenters.